The predicted octanol–water partition coefficient (Wildman–Crippen LogP) is 1.78. The summed E-state index contributed by atoms with van der Waals surface area (Å²) in [6, 6.07) is 4.64. The summed E-state index contributed by atoms with van der Waals surface area (Å²) in [5, 5.41) is 0. The third-order valence-electron chi connectivity index (χ3n) is 2.65. The van der Waals surface area contributed by atoms with E-state index < -0.39 is 18.0 Å². The number of rotatable bonds is 6. The summed E-state index contributed by atoms with van der Waals surface area (Å²) >= 11 is 0. The molecule has 0 aromatic heterocycles. The van der Waals surface area contributed by atoms with Crippen LogP contribution in [0.1, 0.15) is 30.6 Å². The van der Waals surface area contributed by atoms with Gasteiger partial charge in [0, 0.05) is 5.69 Å². The maximum absolute atomic E-state index is 12.0. The van der Waals surface area contributed by atoms with Crippen LogP contribution in [0.15, 0.2) is 18.2 Å². The van der Waals surface area contributed by atoms with Crippen molar-refractivity contribution in [3.8, 4) is 5.75 Å². The molecule has 2 N–H and O–H groups in total. The molecular formula is C14H19NO5. The number of benzene rings is 1. The normalized spacial score (nSPS) is 11.6. The second-order valence-corrected chi connectivity index (χ2v) is 4.01. The van der Waals surface area contributed by atoms with E-state index in [0.717, 1.165) is 0 Å². The summed E-state index contributed by atoms with van der Waals surface area (Å²) in [4.78, 5) is 23.6. The van der Waals surface area contributed by atoms with E-state index in [0.29, 0.717) is 12.2 Å². The van der Waals surface area contributed by atoms with Crippen LogP contribution in [0.2, 0.25) is 0 Å². The van der Waals surface area contributed by atoms with E-state index in [1.807, 2.05) is 0 Å². The van der Waals surface area contributed by atoms with E-state index in [1.54, 1.807) is 26.0 Å². The molecule has 20 heavy (non-hydrogen) atoms. The Bertz CT molecular complexity index is 486. The number of carbonyl (C=O) groups excluding carboxylic acids is 2. The number of hydrogen-bond donors (Lipinski definition) is 1. The minimum Gasteiger partial charge on any atom is -0.497 e. The topological polar surface area (TPSA) is 87.8 Å². The zero-order valence-corrected chi connectivity index (χ0v) is 11.8. The Balaban J connectivity index is 2.86. The maximum Gasteiger partial charge on any atom is 0.347 e. The number of nitrogen functional groups attached to an aromatic ring is 1. The Morgan fingerprint density at radius 3 is 2.55 bits per heavy atom. The molecular weight excluding hydrogens is 262 g/mol. The Labute approximate surface area is 117 Å². The van der Waals surface area contributed by atoms with Crippen LogP contribution in [0.4, 0.5) is 5.69 Å². The fourth-order valence-electron chi connectivity index (χ4n) is 1.57. The quantitative estimate of drug-likeness (QED) is 0.631. The van der Waals surface area contributed by atoms with Crippen LogP contribution < -0.4 is 10.5 Å². The third-order valence-corrected chi connectivity index (χ3v) is 2.65. The smallest absolute Gasteiger partial charge is 0.347 e. The molecule has 1 aromatic rings. The highest BCUT2D eigenvalue weighted by Gasteiger charge is 2.24. The molecule has 0 fully saturated rings. The maximum atomic E-state index is 12.0. The Morgan fingerprint density at radius 2 is 2.00 bits per heavy atom. The fraction of sp³-hybridized carbons (Fsp3) is 0.429. The summed E-state index contributed by atoms with van der Waals surface area (Å²) in [5.74, 6) is -0.763. The van der Waals surface area contributed by atoms with Gasteiger partial charge in [-0.15, -0.1) is 0 Å². The minimum absolute atomic E-state index is 0.159. The van der Waals surface area contributed by atoms with Crippen LogP contribution in [-0.2, 0) is 14.3 Å². The lowest BCUT2D eigenvalue weighted by atomic mass is 10.1. The molecule has 0 aliphatic rings. The molecule has 1 atom stereocenters. The average molecular weight is 281 g/mol. The van der Waals surface area contributed by atoms with Crippen LogP contribution in [0.3, 0.4) is 0 Å². The first-order valence-electron chi connectivity index (χ1n) is 6.34. The molecule has 0 bridgehead atoms. The minimum atomic E-state index is -0.937. The van der Waals surface area contributed by atoms with Crippen LogP contribution in [-0.4, -0.2) is 31.8 Å². The van der Waals surface area contributed by atoms with Crippen molar-refractivity contribution in [2.75, 3.05) is 19.5 Å². The number of nitrogens with two attached hydrogens (primary N) is 1. The molecule has 110 valence electrons. The summed E-state index contributed by atoms with van der Waals surface area (Å²) < 4.78 is 15.0. The van der Waals surface area contributed by atoms with Crippen LogP contribution in [0.25, 0.3) is 0 Å². The van der Waals surface area contributed by atoms with Crippen LogP contribution in [0.5, 0.6) is 5.75 Å². The van der Waals surface area contributed by atoms with Gasteiger partial charge in [0.25, 0.3) is 0 Å². The zero-order valence-electron chi connectivity index (χ0n) is 11.8. The monoisotopic (exact) mass is 281 g/mol. The molecule has 6 heteroatoms. The molecule has 0 aliphatic heterocycles. The van der Waals surface area contributed by atoms with Gasteiger partial charge in [0.1, 0.15) is 5.75 Å². The van der Waals surface area contributed by atoms with Crippen molar-refractivity contribution >= 4 is 17.6 Å². The summed E-state index contributed by atoms with van der Waals surface area (Å²) in [7, 11) is 1.48. The van der Waals surface area contributed by atoms with Gasteiger partial charge in [0.15, 0.2) is 6.10 Å². The molecule has 1 aromatic carbocycles. The van der Waals surface area contributed by atoms with Crippen molar-refractivity contribution < 1.29 is 23.8 Å². The van der Waals surface area contributed by atoms with Crippen molar-refractivity contribution in [2.45, 2.75) is 26.4 Å². The van der Waals surface area contributed by atoms with Gasteiger partial charge >= 0.3 is 11.9 Å². The summed E-state index contributed by atoms with van der Waals surface area (Å²) in [6.07, 6.45) is -0.609. The first-order valence-corrected chi connectivity index (χ1v) is 6.34. The Morgan fingerprint density at radius 1 is 1.30 bits per heavy atom. The second-order valence-electron chi connectivity index (χ2n) is 4.01. The second kappa shape index (κ2) is 7.37. The van der Waals surface area contributed by atoms with Gasteiger partial charge in [-0.1, -0.05) is 6.92 Å². The van der Waals surface area contributed by atoms with Crippen molar-refractivity contribution in [2.24, 2.45) is 0 Å². The SMILES string of the molecule is CCOC(=O)C(CC)OC(=O)c1cc(OC)ccc1N. The number of anilines is 1. The molecule has 0 amide bonds. The van der Waals surface area contributed by atoms with Crippen LogP contribution >= 0.6 is 0 Å². The lowest BCUT2D eigenvalue weighted by molar-refractivity contribution is -0.153. The van der Waals surface area contributed by atoms with E-state index in [1.165, 1.54) is 13.2 Å². The van der Waals surface area contributed by atoms with Gasteiger partial charge in [0.2, 0.25) is 0 Å². The molecule has 1 unspecified atom stereocenters. The molecule has 1 rings (SSSR count). The number of ether oxygens (including phenoxy) is 3. The standard InChI is InChI=1S/C14H19NO5/c1-4-12(14(17)19-5-2)20-13(16)10-8-9(18-3)6-7-11(10)15/h6-8,12H,4-5,15H2,1-3H3. The molecule has 0 aliphatic carbocycles. The van der Waals surface area contributed by atoms with E-state index in [2.05, 4.69) is 0 Å². The van der Waals surface area contributed by atoms with Crippen molar-refractivity contribution in [1.29, 1.82) is 0 Å². The predicted molar refractivity (Wildman–Crippen MR) is 73.5 cm³/mol. The van der Waals surface area contributed by atoms with Gasteiger partial charge in [-0.25, -0.2) is 9.59 Å². The Hall–Kier alpha value is -2.24. The Kier molecular flexibility index (Phi) is 5.83. The van der Waals surface area contributed by atoms with Crippen molar-refractivity contribution in [1.82, 2.24) is 0 Å². The highest BCUT2D eigenvalue weighted by molar-refractivity contribution is 5.96. The highest BCUT2D eigenvalue weighted by atomic mass is 16.6. The molecule has 0 saturated heterocycles. The summed E-state index contributed by atoms with van der Waals surface area (Å²) in [5.41, 5.74) is 6.14. The van der Waals surface area contributed by atoms with Crippen molar-refractivity contribution in [3.63, 3.8) is 0 Å². The molecule has 0 heterocycles. The van der Waals surface area contributed by atoms with Gasteiger partial charge in [-0.3, -0.25) is 0 Å². The van der Waals surface area contributed by atoms with Gasteiger partial charge in [-0.2, -0.15) is 0 Å². The third kappa shape index (κ3) is 3.88. The number of esters is 2. The van der Waals surface area contributed by atoms with E-state index in [4.69, 9.17) is 19.9 Å². The largest absolute Gasteiger partial charge is 0.497 e. The van der Waals surface area contributed by atoms with E-state index in [-0.39, 0.29) is 17.9 Å². The average Bonchev–Trinajstić information content (AvgIpc) is 2.45. The first-order chi connectivity index (χ1) is 9.53. The van der Waals surface area contributed by atoms with Gasteiger partial charge in [0.05, 0.1) is 19.3 Å². The molecule has 0 radical (unpaired) electrons. The highest BCUT2D eigenvalue weighted by Crippen LogP contribution is 2.21. The zero-order chi connectivity index (χ0) is 15.1. The van der Waals surface area contributed by atoms with Gasteiger partial charge in [-0.05, 0) is 31.5 Å². The van der Waals surface area contributed by atoms with E-state index >= 15 is 0 Å². The number of methoxy groups -OCH3 is 1. The molecule has 0 saturated carbocycles. The van der Waals surface area contributed by atoms with E-state index in [9.17, 15) is 9.59 Å². The number of hydrogen-bond acceptors (Lipinski definition) is 6. The molecule has 0 spiro atoms. The van der Waals surface area contributed by atoms with Gasteiger partial charge < -0.3 is 19.9 Å². The fourth-order valence-corrected chi connectivity index (χ4v) is 1.57. The lowest BCUT2D eigenvalue weighted by Gasteiger charge is -2.15. The van der Waals surface area contributed by atoms with Crippen LogP contribution in [0, 0.1) is 0 Å². The lowest BCUT2D eigenvalue weighted by Crippen LogP contribution is -2.29. The number of carbonyl (C=O) groups is 2. The molecule has 6 nitrogen and oxygen atoms in total. The van der Waals surface area contributed by atoms with Crippen molar-refractivity contribution in [3.05, 3.63) is 23.8 Å². The first kappa shape index (κ1) is 15.8. The summed E-state index contributed by atoms with van der Waals surface area (Å²) in [6.45, 7) is 3.64.